The number of nitrogens with zero attached hydrogens (tertiary/aromatic N) is 4. The van der Waals surface area contributed by atoms with Crippen molar-refractivity contribution in [3.8, 4) is 0 Å². The van der Waals surface area contributed by atoms with E-state index in [1.165, 1.54) is 18.2 Å². The van der Waals surface area contributed by atoms with E-state index < -0.39 is 11.6 Å². The van der Waals surface area contributed by atoms with Crippen LogP contribution >= 0.6 is 24.0 Å². The van der Waals surface area contributed by atoms with E-state index in [-0.39, 0.29) is 36.0 Å². The van der Waals surface area contributed by atoms with E-state index in [4.69, 9.17) is 4.52 Å². The fourth-order valence-corrected chi connectivity index (χ4v) is 3.14. The van der Waals surface area contributed by atoms with E-state index in [0.29, 0.717) is 6.54 Å². The molecule has 1 saturated heterocycles. The third kappa shape index (κ3) is 6.13. The molecule has 0 amide bonds. The Labute approximate surface area is 181 Å². The monoisotopic (exact) mass is 505 g/mol. The zero-order chi connectivity index (χ0) is 19.1. The minimum Gasteiger partial charge on any atom is -0.364 e. The Kier molecular flexibility index (Phi) is 9.10. The molecule has 0 atom stereocenters. The summed E-state index contributed by atoms with van der Waals surface area (Å²) in [6.45, 7) is 7.29. The van der Waals surface area contributed by atoms with Crippen molar-refractivity contribution in [2.24, 2.45) is 4.99 Å². The summed E-state index contributed by atoms with van der Waals surface area (Å²) >= 11 is 0. The third-order valence-corrected chi connectivity index (χ3v) is 4.57. The fourth-order valence-electron chi connectivity index (χ4n) is 3.14. The fraction of sp³-hybridized carbons (Fsp3) is 0.474. The van der Waals surface area contributed by atoms with Gasteiger partial charge in [0.2, 0.25) is 0 Å². The molecule has 1 aliphatic rings. The van der Waals surface area contributed by atoms with Gasteiger partial charge in [0.05, 0.1) is 5.69 Å². The molecule has 1 fully saturated rings. The number of hydrogen-bond acceptors (Lipinski definition) is 4. The molecule has 6 nitrogen and oxygen atoms in total. The van der Waals surface area contributed by atoms with E-state index in [2.05, 4.69) is 25.3 Å². The number of benzene rings is 1. The number of halogens is 3. The molecular weight excluding hydrogens is 479 g/mol. The maximum Gasteiger partial charge on any atom is 0.194 e. The highest BCUT2D eigenvalue weighted by Crippen LogP contribution is 2.13. The third-order valence-electron chi connectivity index (χ3n) is 4.57. The summed E-state index contributed by atoms with van der Waals surface area (Å²) in [5.41, 5.74) is 1.02. The number of aliphatic imine (C=N–C) groups is 1. The minimum absolute atomic E-state index is 0. The van der Waals surface area contributed by atoms with Gasteiger partial charge in [0.25, 0.3) is 0 Å². The van der Waals surface area contributed by atoms with Gasteiger partial charge in [-0.3, -0.25) is 9.89 Å². The quantitative estimate of drug-likeness (QED) is 0.372. The smallest absolute Gasteiger partial charge is 0.194 e. The summed E-state index contributed by atoms with van der Waals surface area (Å²) in [7, 11) is 0. The van der Waals surface area contributed by atoms with Crippen LogP contribution in [0.4, 0.5) is 8.78 Å². The number of aromatic nitrogens is 1. The average Bonchev–Trinajstić information content (AvgIpc) is 3.17. The summed E-state index contributed by atoms with van der Waals surface area (Å²) in [4.78, 5) is 9.06. The molecule has 28 heavy (non-hydrogen) atoms. The normalized spacial score (nSPS) is 15.4. The van der Waals surface area contributed by atoms with Crippen molar-refractivity contribution in [3.05, 3.63) is 53.4 Å². The summed E-state index contributed by atoms with van der Waals surface area (Å²) in [6, 6.07) is 5.81. The van der Waals surface area contributed by atoms with Crippen LogP contribution in [0.5, 0.6) is 0 Å². The topological polar surface area (TPSA) is 56.9 Å². The van der Waals surface area contributed by atoms with Gasteiger partial charge in [-0.2, -0.15) is 0 Å². The molecular formula is C19H26F2IN5O. The Morgan fingerprint density at radius 3 is 2.50 bits per heavy atom. The molecule has 3 rings (SSSR count). The van der Waals surface area contributed by atoms with Crippen LogP contribution in [0.3, 0.4) is 0 Å². The van der Waals surface area contributed by atoms with Gasteiger partial charge in [0.1, 0.15) is 17.9 Å². The maximum absolute atomic E-state index is 13.7. The van der Waals surface area contributed by atoms with Crippen molar-refractivity contribution in [2.45, 2.75) is 19.9 Å². The van der Waals surface area contributed by atoms with Crippen molar-refractivity contribution in [1.82, 2.24) is 20.3 Å². The van der Waals surface area contributed by atoms with E-state index in [9.17, 15) is 8.78 Å². The number of hydrogen-bond donors (Lipinski definition) is 1. The Hall–Kier alpha value is -1.75. The lowest BCUT2D eigenvalue weighted by Gasteiger charge is -2.36. The second-order valence-corrected chi connectivity index (χ2v) is 6.44. The van der Waals surface area contributed by atoms with Crippen molar-refractivity contribution in [3.63, 3.8) is 0 Å². The molecule has 0 saturated carbocycles. The highest BCUT2D eigenvalue weighted by Gasteiger charge is 2.20. The molecule has 154 valence electrons. The molecule has 9 heteroatoms. The van der Waals surface area contributed by atoms with E-state index in [0.717, 1.165) is 50.9 Å². The van der Waals surface area contributed by atoms with Crippen LogP contribution in [0.15, 0.2) is 40.0 Å². The first-order valence-corrected chi connectivity index (χ1v) is 9.25. The Morgan fingerprint density at radius 2 is 1.89 bits per heavy atom. The summed E-state index contributed by atoms with van der Waals surface area (Å²) in [5, 5.41) is 7.22. The largest absolute Gasteiger partial charge is 0.364 e. The SMILES string of the molecule is CCNC(=NCCc1c(F)cccc1F)N1CCN(Cc2ccon2)CC1.I. The predicted octanol–water partition coefficient (Wildman–Crippen LogP) is 2.90. The molecule has 0 unspecified atom stereocenters. The first-order chi connectivity index (χ1) is 13.2. The average molecular weight is 505 g/mol. The lowest BCUT2D eigenvalue weighted by atomic mass is 10.1. The van der Waals surface area contributed by atoms with Crippen molar-refractivity contribution in [1.29, 1.82) is 0 Å². The van der Waals surface area contributed by atoms with Crippen LogP contribution in [0.2, 0.25) is 0 Å². The molecule has 0 radical (unpaired) electrons. The Morgan fingerprint density at radius 1 is 1.18 bits per heavy atom. The predicted molar refractivity (Wildman–Crippen MR) is 115 cm³/mol. The molecule has 0 bridgehead atoms. The maximum atomic E-state index is 13.7. The minimum atomic E-state index is -0.517. The van der Waals surface area contributed by atoms with Gasteiger partial charge in [-0.05, 0) is 25.5 Å². The van der Waals surface area contributed by atoms with Gasteiger partial charge in [0, 0.05) is 57.4 Å². The van der Waals surface area contributed by atoms with E-state index in [1.54, 1.807) is 6.26 Å². The van der Waals surface area contributed by atoms with Crippen molar-refractivity contribution in [2.75, 3.05) is 39.3 Å². The number of nitrogens with one attached hydrogen (secondary N) is 1. The zero-order valence-electron chi connectivity index (χ0n) is 15.9. The molecule has 0 aliphatic carbocycles. The van der Waals surface area contributed by atoms with Gasteiger partial charge in [0.15, 0.2) is 5.96 Å². The second kappa shape index (κ2) is 11.3. The highest BCUT2D eigenvalue weighted by atomic mass is 127. The molecule has 2 aromatic rings. The van der Waals surface area contributed by atoms with Gasteiger partial charge in [-0.1, -0.05) is 11.2 Å². The van der Waals surface area contributed by atoms with Crippen LogP contribution in [-0.4, -0.2) is 60.2 Å². The zero-order valence-corrected chi connectivity index (χ0v) is 18.2. The molecule has 0 spiro atoms. The lowest BCUT2D eigenvalue weighted by molar-refractivity contribution is 0.169. The van der Waals surface area contributed by atoms with Crippen LogP contribution in [0, 0.1) is 11.6 Å². The summed E-state index contributed by atoms with van der Waals surface area (Å²) < 4.78 is 32.4. The standard InChI is InChI=1S/C19H25F2N5O.HI/c1-2-22-19(23-8-6-16-17(20)4-3-5-18(16)21)26-11-9-25(10-12-26)14-15-7-13-27-24-15;/h3-5,7,13H,2,6,8-12,14H2,1H3,(H,22,23);1H. The molecule has 1 N–H and O–H groups in total. The molecule has 2 heterocycles. The van der Waals surface area contributed by atoms with Gasteiger partial charge < -0.3 is 14.7 Å². The van der Waals surface area contributed by atoms with Gasteiger partial charge >= 0.3 is 0 Å². The van der Waals surface area contributed by atoms with Crippen LogP contribution in [0.1, 0.15) is 18.2 Å². The first-order valence-electron chi connectivity index (χ1n) is 9.25. The molecule has 1 aromatic heterocycles. The van der Waals surface area contributed by atoms with Gasteiger partial charge in [-0.15, -0.1) is 24.0 Å². The van der Waals surface area contributed by atoms with Crippen molar-refractivity contribution < 1.29 is 13.3 Å². The number of rotatable bonds is 6. The van der Waals surface area contributed by atoms with Crippen LogP contribution in [0.25, 0.3) is 0 Å². The van der Waals surface area contributed by atoms with E-state index in [1.807, 2.05) is 13.0 Å². The summed E-state index contributed by atoms with van der Waals surface area (Å²) in [5.74, 6) is -0.247. The highest BCUT2D eigenvalue weighted by molar-refractivity contribution is 14.0. The number of piperazine rings is 1. The van der Waals surface area contributed by atoms with Crippen molar-refractivity contribution >= 4 is 29.9 Å². The summed E-state index contributed by atoms with van der Waals surface area (Å²) in [6.07, 6.45) is 1.82. The Bertz CT molecular complexity index is 729. The molecule has 1 aromatic carbocycles. The van der Waals surface area contributed by atoms with E-state index >= 15 is 0 Å². The van der Waals surface area contributed by atoms with Crippen LogP contribution in [-0.2, 0) is 13.0 Å². The van der Waals surface area contributed by atoms with Gasteiger partial charge in [-0.25, -0.2) is 8.78 Å². The van der Waals surface area contributed by atoms with Crippen LogP contribution < -0.4 is 5.32 Å². The Balaban J connectivity index is 0.00000280. The lowest BCUT2D eigenvalue weighted by Crippen LogP contribution is -2.52. The second-order valence-electron chi connectivity index (χ2n) is 6.44. The molecule has 1 aliphatic heterocycles. The number of guanidine groups is 1. The first kappa shape index (κ1) is 22.5.